The summed E-state index contributed by atoms with van der Waals surface area (Å²) in [5.41, 5.74) is 2.02. The van der Waals surface area contributed by atoms with Gasteiger partial charge in [-0.3, -0.25) is 0 Å². The standard InChI is InChI=1S/C10H19N/c1-8-5-9(11-4)7-10(2,3)6-8/h5,9,11H,6-7H2,1-4H3. The minimum Gasteiger partial charge on any atom is -0.314 e. The third-order valence-corrected chi connectivity index (χ3v) is 2.39. The first-order valence-corrected chi connectivity index (χ1v) is 4.38. The van der Waals surface area contributed by atoms with Crippen LogP contribution in [-0.2, 0) is 0 Å². The van der Waals surface area contributed by atoms with Crippen molar-refractivity contribution in [2.45, 2.75) is 39.7 Å². The quantitative estimate of drug-likeness (QED) is 0.570. The predicted octanol–water partition coefficient (Wildman–Crippen LogP) is 2.34. The van der Waals surface area contributed by atoms with E-state index in [1.165, 1.54) is 18.4 Å². The van der Waals surface area contributed by atoms with Crippen molar-refractivity contribution in [1.29, 1.82) is 0 Å². The van der Waals surface area contributed by atoms with Crippen molar-refractivity contribution in [2.24, 2.45) is 5.41 Å². The lowest BCUT2D eigenvalue weighted by Gasteiger charge is -2.33. The van der Waals surface area contributed by atoms with Gasteiger partial charge in [-0.15, -0.1) is 0 Å². The van der Waals surface area contributed by atoms with Crippen LogP contribution in [0.1, 0.15) is 33.6 Å². The second kappa shape index (κ2) is 2.98. The van der Waals surface area contributed by atoms with Crippen LogP contribution in [0.4, 0.5) is 0 Å². The fraction of sp³-hybridized carbons (Fsp3) is 0.800. The number of rotatable bonds is 1. The first kappa shape index (κ1) is 8.79. The lowest BCUT2D eigenvalue weighted by atomic mass is 9.76. The van der Waals surface area contributed by atoms with Gasteiger partial charge in [-0.1, -0.05) is 25.5 Å². The van der Waals surface area contributed by atoms with Crippen molar-refractivity contribution in [3.05, 3.63) is 11.6 Å². The fourth-order valence-electron chi connectivity index (χ4n) is 2.07. The molecule has 1 aliphatic carbocycles. The van der Waals surface area contributed by atoms with Crippen LogP contribution in [0.15, 0.2) is 11.6 Å². The Labute approximate surface area is 69.9 Å². The summed E-state index contributed by atoms with van der Waals surface area (Å²) in [6, 6.07) is 0.596. The Kier molecular flexibility index (Phi) is 2.38. The molecule has 1 heteroatoms. The molecule has 0 aromatic carbocycles. The molecular formula is C10H19N. The lowest BCUT2D eigenvalue weighted by molar-refractivity contribution is 0.287. The number of hydrogen-bond donors (Lipinski definition) is 1. The molecule has 1 atom stereocenters. The summed E-state index contributed by atoms with van der Waals surface area (Å²) in [4.78, 5) is 0. The first-order chi connectivity index (χ1) is 5.03. The third kappa shape index (κ3) is 2.33. The summed E-state index contributed by atoms with van der Waals surface area (Å²) >= 11 is 0. The van der Waals surface area contributed by atoms with E-state index < -0.39 is 0 Å². The predicted molar refractivity (Wildman–Crippen MR) is 49.6 cm³/mol. The molecule has 0 bridgehead atoms. The molecule has 11 heavy (non-hydrogen) atoms. The minimum atomic E-state index is 0.493. The molecule has 64 valence electrons. The summed E-state index contributed by atoms with van der Waals surface area (Å²) in [5.74, 6) is 0. The number of likely N-dealkylation sites (N-methyl/N-ethyl adjacent to an activating group) is 1. The third-order valence-electron chi connectivity index (χ3n) is 2.39. The zero-order valence-corrected chi connectivity index (χ0v) is 8.07. The van der Waals surface area contributed by atoms with Crippen LogP contribution in [0, 0.1) is 5.41 Å². The second-order valence-corrected chi connectivity index (χ2v) is 4.45. The van der Waals surface area contributed by atoms with Crippen LogP contribution in [0.3, 0.4) is 0 Å². The van der Waals surface area contributed by atoms with E-state index in [9.17, 15) is 0 Å². The van der Waals surface area contributed by atoms with Crippen LogP contribution in [0.5, 0.6) is 0 Å². The van der Waals surface area contributed by atoms with Crippen LogP contribution >= 0.6 is 0 Å². The molecule has 0 spiro atoms. The average Bonchev–Trinajstić information content (AvgIpc) is 1.83. The summed E-state index contributed by atoms with van der Waals surface area (Å²) < 4.78 is 0. The molecule has 0 aliphatic heterocycles. The normalized spacial score (nSPS) is 29.8. The van der Waals surface area contributed by atoms with E-state index in [1.54, 1.807) is 0 Å². The zero-order chi connectivity index (χ0) is 8.48. The topological polar surface area (TPSA) is 12.0 Å². The Balaban J connectivity index is 2.68. The maximum atomic E-state index is 3.31. The average molecular weight is 153 g/mol. The monoisotopic (exact) mass is 153 g/mol. The summed E-state index contributed by atoms with van der Waals surface area (Å²) in [7, 11) is 2.04. The van der Waals surface area contributed by atoms with E-state index >= 15 is 0 Å². The van der Waals surface area contributed by atoms with Gasteiger partial charge in [-0.25, -0.2) is 0 Å². The van der Waals surface area contributed by atoms with E-state index in [0.717, 1.165) is 0 Å². The number of hydrogen-bond acceptors (Lipinski definition) is 1. The highest BCUT2D eigenvalue weighted by atomic mass is 14.9. The van der Waals surface area contributed by atoms with Crippen LogP contribution in [0.2, 0.25) is 0 Å². The molecule has 1 unspecified atom stereocenters. The van der Waals surface area contributed by atoms with E-state index in [4.69, 9.17) is 0 Å². The van der Waals surface area contributed by atoms with Gasteiger partial charge in [0, 0.05) is 6.04 Å². The van der Waals surface area contributed by atoms with Crippen molar-refractivity contribution < 1.29 is 0 Å². The Morgan fingerprint density at radius 2 is 2.18 bits per heavy atom. The Hall–Kier alpha value is -0.300. The van der Waals surface area contributed by atoms with Crippen LogP contribution < -0.4 is 5.32 Å². The van der Waals surface area contributed by atoms with Gasteiger partial charge in [-0.05, 0) is 32.2 Å². The number of allylic oxidation sites excluding steroid dienone is 1. The molecule has 0 aromatic heterocycles. The van der Waals surface area contributed by atoms with E-state index in [1.807, 2.05) is 7.05 Å². The smallest absolute Gasteiger partial charge is 0.0254 e. The van der Waals surface area contributed by atoms with Gasteiger partial charge in [0.15, 0.2) is 0 Å². The van der Waals surface area contributed by atoms with Gasteiger partial charge in [0.25, 0.3) is 0 Å². The summed E-state index contributed by atoms with van der Waals surface area (Å²) in [6.07, 6.45) is 4.87. The van der Waals surface area contributed by atoms with E-state index in [0.29, 0.717) is 11.5 Å². The van der Waals surface area contributed by atoms with Crippen molar-refractivity contribution in [3.63, 3.8) is 0 Å². The van der Waals surface area contributed by atoms with Crippen molar-refractivity contribution in [2.75, 3.05) is 7.05 Å². The molecule has 1 rings (SSSR count). The molecule has 1 nitrogen and oxygen atoms in total. The summed E-state index contributed by atoms with van der Waals surface area (Å²) in [6.45, 7) is 6.91. The molecule has 1 N–H and O–H groups in total. The van der Waals surface area contributed by atoms with Crippen LogP contribution in [-0.4, -0.2) is 13.1 Å². The fourth-order valence-corrected chi connectivity index (χ4v) is 2.07. The molecule has 0 aromatic rings. The van der Waals surface area contributed by atoms with E-state index in [-0.39, 0.29) is 0 Å². The Bertz CT molecular complexity index is 168. The van der Waals surface area contributed by atoms with Gasteiger partial charge in [0.1, 0.15) is 0 Å². The maximum Gasteiger partial charge on any atom is 0.0254 e. The van der Waals surface area contributed by atoms with Gasteiger partial charge >= 0.3 is 0 Å². The molecule has 0 fully saturated rings. The van der Waals surface area contributed by atoms with Crippen molar-refractivity contribution in [1.82, 2.24) is 5.32 Å². The maximum absolute atomic E-state index is 3.31. The van der Waals surface area contributed by atoms with Gasteiger partial charge in [0.05, 0.1) is 0 Å². The second-order valence-electron chi connectivity index (χ2n) is 4.45. The molecular weight excluding hydrogens is 134 g/mol. The summed E-state index contributed by atoms with van der Waals surface area (Å²) in [5, 5.41) is 3.31. The van der Waals surface area contributed by atoms with Gasteiger partial charge < -0.3 is 5.32 Å². The first-order valence-electron chi connectivity index (χ1n) is 4.38. The van der Waals surface area contributed by atoms with E-state index in [2.05, 4.69) is 32.2 Å². The molecule has 0 saturated carbocycles. The Morgan fingerprint density at radius 1 is 1.55 bits per heavy atom. The lowest BCUT2D eigenvalue weighted by Crippen LogP contribution is -2.33. The molecule has 1 aliphatic rings. The highest BCUT2D eigenvalue weighted by Crippen LogP contribution is 2.34. The highest BCUT2D eigenvalue weighted by molar-refractivity contribution is 5.12. The van der Waals surface area contributed by atoms with Gasteiger partial charge in [0.2, 0.25) is 0 Å². The zero-order valence-electron chi connectivity index (χ0n) is 8.07. The van der Waals surface area contributed by atoms with Gasteiger partial charge in [-0.2, -0.15) is 0 Å². The molecule has 0 radical (unpaired) electrons. The molecule has 0 saturated heterocycles. The minimum absolute atomic E-state index is 0.493. The number of nitrogens with one attached hydrogen (secondary N) is 1. The van der Waals surface area contributed by atoms with Crippen molar-refractivity contribution in [3.8, 4) is 0 Å². The molecule has 0 heterocycles. The largest absolute Gasteiger partial charge is 0.314 e. The SMILES string of the molecule is CNC1C=C(C)CC(C)(C)C1. The Morgan fingerprint density at radius 3 is 2.64 bits per heavy atom. The van der Waals surface area contributed by atoms with Crippen molar-refractivity contribution >= 4 is 0 Å². The highest BCUT2D eigenvalue weighted by Gasteiger charge is 2.25. The van der Waals surface area contributed by atoms with Crippen LogP contribution in [0.25, 0.3) is 0 Å². The molecule has 0 amide bonds.